The Bertz CT molecular complexity index is 882. The van der Waals surface area contributed by atoms with E-state index in [4.69, 9.17) is 23.7 Å². The summed E-state index contributed by atoms with van der Waals surface area (Å²) in [5.74, 6) is 2.85. The fourth-order valence-corrected chi connectivity index (χ4v) is 4.37. The van der Waals surface area contributed by atoms with Gasteiger partial charge < -0.3 is 23.7 Å². The van der Waals surface area contributed by atoms with Gasteiger partial charge in [-0.05, 0) is 35.3 Å². The summed E-state index contributed by atoms with van der Waals surface area (Å²) in [6.07, 6.45) is 0.901. The first kappa shape index (κ1) is 19.8. The van der Waals surface area contributed by atoms with E-state index >= 15 is 0 Å². The van der Waals surface area contributed by atoms with Gasteiger partial charge in [0.25, 0.3) is 0 Å². The Morgan fingerprint density at radius 1 is 1.00 bits per heavy atom. The van der Waals surface area contributed by atoms with Crippen LogP contribution in [0.4, 0.5) is 0 Å². The highest BCUT2D eigenvalue weighted by Crippen LogP contribution is 2.52. The number of hydrogen-bond acceptors (Lipinski definition) is 6. The number of fused-ring (bicyclic) bond motifs is 3. The van der Waals surface area contributed by atoms with Crippen molar-refractivity contribution in [2.45, 2.75) is 24.9 Å². The minimum atomic E-state index is -0.167. The average molecular weight is 396 g/mol. The van der Waals surface area contributed by atoms with Crippen molar-refractivity contribution in [3.63, 3.8) is 0 Å². The number of hydrogen-bond donors (Lipinski definition) is 0. The molecule has 29 heavy (non-hydrogen) atoms. The predicted octanol–water partition coefficient (Wildman–Crippen LogP) is 2.11. The van der Waals surface area contributed by atoms with E-state index in [1.165, 1.54) is 0 Å². The summed E-state index contributed by atoms with van der Waals surface area (Å²) >= 11 is 0. The number of carbonyl (C=O) groups excluding carboxylic acids is 1. The van der Waals surface area contributed by atoms with E-state index in [1.807, 2.05) is 44.2 Å². The SMILES string of the molecule is Bc1cc(OCOC)cc2c1O[C@H](c1ccc(OCOC)cc1)[C@@H]1CC(=O)C[C@H]21. The number of rotatable bonds is 7. The Morgan fingerprint density at radius 2 is 1.69 bits per heavy atom. The maximum atomic E-state index is 12.4. The lowest BCUT2D eigenvalue weighted by Gasteiger charge is -2.37. The molecular weight excluding hydrogens is 371 g/mol. The third-order valence-electron chi connectivity index (χ3n) is 5.63. The van der Waals surface area contributed by atoms with E-state index < -0.39 is 0 Å². The van der Waals surface area contributed by atoms with E-state index in [0.29, 0.717) is 12.8 Å². The molecule has 4 rings (SSSR count). The third kappa shape index (κ3) is 3.98. The Balaban J connectivity index is 1.66. The molecular formula is C22H25BO6. The third-order valence-corrected chi connectivity index (χ3v) is 5.63. The Kier molecular flexibility index (Phi) is 5.78. The van der Waals surface area contributed by atoms with Gasteiger partial charge in [-0.15, -0.1) is 0 Å². The van der Waals surface area contributed by atoms with Crippen LogP contribution in [0.2, 0.25) is 0 Å². The Morgan fingerprint density at radius 3 is 2.38 bits per heavy atom. The molecule has 152 valence electrons. The topological polar surface area (TPSA) is 63.2 Å². The van der Waals surface area contributed by atoms with Crippen molar-refractivity contribution in [1.29, 1.82) is 0 Å². The summed E-state index contributed by atoms with van der Waals surface area (Å²) in [5, 5.41) is 0. The Hall–Kier alpha value is -2.51. The first-order valence-corrected chi connectivity index (χ1v) is 9.77. The summed E-state index contributed by atoms with van der Waals surface area (Å²) in [4.78, 5) is 12.4. The molecule has 2 aromatic carbocycles. The van der Waals surface area contributed by atoms with Gasteiger partial charge in [-0.2, -0.15) is 0 Å². The van der Waals surface area contributed by atoms with Crippen LogP contribution in [0.5, 0.6) is 17.2 Å². The smallest absolute Gasteiger partial charge is 0.188 e. The molecule has 1 fully saturated rings. The molecule has 1 heterocycles. The molecule has 1 saturated carbocycles. The number of ether oxygens (including phenoxy) is 5. The van der Waals surface area contributed by atoms with Crippen LogP contribution in [0.15, 0.2) is 36.4 Å². The molecule has 0 spiro atoms. The lowest BCUT2D eigenvalue weighted by atomic mass is 9.77. The second kappa shape index (κ2) is 8.47. The van der Waals surface area contributed by atoms with Gasteiger partial charge in [0.1, 0.15) is 37.0 Å². The van der Waals surface area contributed by atoms with Crippen LogP contribution in [0, 0.1) is 5.92 Å². The zero-order valence-corrected chi connectivity index (χ0v) is 17.0. The quantitative estimate of drug-likeness (QED) is 0.528. The molecule has 0 amide bonds. The van der Waals surface area contributed by atoms with Crippen molar-refractivity contribution in [1.82, 2.24) is 0 Å². The summed E-state index contributed by atoms with van der Waals surface area (Å²) < 4.78 is 27.6. The van der Waals surface area contributed by atoms with E-state index in [9.17, 15) is 4.79 Å². The van der Waals surface area contributed by atoms with Crippen molar-refractivity contribution < 1.29 is 28.5 Å². The second-order valence-electron chi connectivity index (χ2n) is 7.59. The number of ketones is 1. The molecule has 1 aliphatic heterocycles. The molecule has 0 saturated heterocycles. The van der Waals surface area contributed by atoms with Gasteiger partial charge in [-0.1, -0.05) is 12.1 Å². The van der Waals surface area contributed by atoms with Crippen molar-refractivity contribution in [3.05, 3.63) is 47.5 Å². The summed E-state index contributed by atoms with van der Waals surface area (Å²) in [5.41, 5.74) is 3.10. The number of methoxy groups -OCH3 is 2. The largest absolute Gasteiger partial charge is 0.486 e. The summed E-state index contributed by atoms with van der Waals surface area (Å²) in [6.45, 7) is 0.394. The van der Waals surface area contributed by atoms with Crippen LogP contribution in [0.1, 0.15) is 36.0 Å². The monoisotopic (exact) mass is 396 g/mol. The van der Waals surface area contributed by atoms with Crippen molar-refractivity contribution >= 4 is 19.1 Å². The normalized spacial score (nSPS) is 22.6. The molecule has 7 heteroatoms. The van der Waals surface area contributed by atoms with Crippen LogP contribution in [0.3, 0.4) is 0 Å². The van der Waals surface area contributed by atoms with Crippen LogP contribution < -0.4 is 19.7 Å². The summed E-state index contributed by atoms with van der Waals surface area (Å²) in [7, 11) is 5.19. The van der Waals surface area contributed by atoms with Crippen molar-refractivity contribution in [2.75, 3.05) is 27.8 Å². The Labute approximate surface area is 171 Å². The number of benzene rings is 2. The van der Waals surface area contributed by atoms with Crippen molar-refractivity contribution in [3.8, 4) is 17.2 Å². The van der Waals surface area contributed by atoms with Gasteiger partial charge in [0.15, 0.2) is 13.6 Å². The van der Waals surface area contributed by atoms with Crippen LogP contribution >= 0.6 is 0 Å². The number of carbonyl (C=O) groups is 1. The molecule has 0 N–H and O–H groups in total. The van der Waals surface area contributed by atoms with E-state index in [-0.39, 0.29) is 37.3 Å². The lowest BCUT2D eigenvalue weighted by molar-refractivity contribution is -0.117. The first-order valence-electron chi connectivity index (χ1n) is 9.77. The molecule has 3 atom stereocenters. The van der Waals surface area contributed by atoms with Gasteiger partial charge >= 0.3 is 0 Å². The van der Waals surface area contributed by atoms with Crippen LogP contribution in [0.25, 0.3) is 0 Å². The van der Waals surface area contributed by atoms with Gasteiger partial charge in [0.05, 0.1) is 0 Å². The molecule has 0 unspecified atom stereocenters. The lowest BCUT2D eigenvalue weighted by Crippen LogP contribution is -2.30. The molecule has 2 aliphatic rings. The van der Waals surface area contributed by atoms with Crippen molar-refractivity contribution in [2.24, 2.45) is 5.92 Å². The predicted molar refractivity (Wildman–Crippen MR) is 110 cm³/mol. The first-order chi connectivity index (χ1) is 14.1. The van der Waals surface area contributed by atoms with Gasteiger partial charge in [0.2, 0.25) is 0 Å². The minimum Gasteiger partial charge on any atom is -0.486 e. The second-order valence-corrected chi connectivity index (χ2v) is 7.59. The number of Topliss-reactive ketones (excluding diaryl/α,β-unsaturated/α-hetero) is 1. The molecule has 2 aromatic rings. The van der Waals surface area contributed by atoms with Gasteiger partial charge in [-0.25, -0.2) is 0 Å². The molecule has 0 bridgehead atoms. The highest BCUT2D eigenvalue weighted by Gasteiger charge is 2.45. The zero-order chi connectivity index (χ0) is 20.4. The molecule has 6 nitrogen and oxygen atoms in total. The summed E-state index contributed by atoms with van der Waals surface area (Å²) in [6, 6.07) is 11.8. The van der Waals surface area contributed by atoms with Crippen LogP contribution in [-0.2, 0) is 14.3 Å². The van der Waals surface area contributed by atoms with E-state index in [1.54, 1.807) is 14.2 Å². The zero-order valence-electron chi connectivity index (χ0n) is 17.0. The van der Waals surface area contributed by atoms with E-state index in [2.05, 4.69) is 0 Å². The molecule has 0 radical (unpaired) electrons. The van der Waals surface area contributed by atoms with Gasteiger partial charge in [-0.3, -0.25) is 4.79 Å². The highest BCUT2D eigenvalue weighted by atomic mass is 16.7. The molecule has 1 aliphatic carbocycles. The standard InChI is InChI=1S/C22H25BO6/c1-25-11-27-15-5-3-13(4-6-15)21-18-8-14(24)7-17(18)19-9-16(28-12-26-2)10-20(23)22(19)29-21/h3-6,9-10,17-18,21H,7-8,11-12,23H2,1-2H3/t17-,18+,21+/m0/s1. The highest BCUT2D eigenvalue weighted by molar-refractivity contribution is 6.34. The minimum absolute atomic E-state index is 0.109. The fourth-order valence-electron chi connectivity index (χ4n) is 4.37. The maximum absolute atomic E-state index is 12.4. The average Bonchev–Trinajstić information content (AvgIpc) is 3.12. The van der Waals surface area contributed by atoms with Crippen LogP contribution in [-0.4, -0.2) is 41.4 Å². The van der Waals surface area contributed by atoms with E-state index in [0.717, 1.165) is 33.8 Å². The maximum Gasteiger partial charge on any atom is 0.188 e. The fraction of sp³-hybridized carbons (Fsp3) is 0.409. The molecule has 0 aromatic heterocycles. The van der Waals surface area contributed by atoms with Gasteiger partial charge in [0, 0.05) is 44.5 Å².